The smallest absolute Gasteiger partial charge is 0.166 e. The third-order valence-corrected chi connectivity index (χ3v) is 4.35. The lowest BCUT2D eigenvalue weighted by Gasteiger charge is -2.14. The van der Waals surface area contributed by atoms with E-state index in [0.717, 1.165) is 16.8 Å². The second kappa shape index (κ2) is 7.62. The first-order chi connectivity index (χ1) is 12.4. The van der Waals surface area contributed by atoms with E-state index in [1.807, 2.05) is 49.3 Å². The average Bonchev–Trinajstić information content (AvgIpc) is 2.62. The molecule has 0 aliphatic carbocycles. The maximum atomic E-state index is 13.1. The summed E-state index contributed by atoms with van der Waals surface area (Å²) in [6, 6.07) is 14.1. The lowest BCUT2D eigenvalue weighted by atomic mass is 10.1. The fraction of sp³-hybridized carbons (Fsp3) is 0.150. The summed E-state index contributed by atoms with van der Waals surface area (Å²) in [6.07, 6.45) is 1.71. The van der Waals surface area contributed by atoms with Crippen LogP contribution in [0.1, 0.15) is 5.56 Å². The van der Waals surface area contributed by atoms with Gasteiger partial charge in [-0.15, -0.1) is 0 Å². The highest BCUT2D eigenvalue weighted by Gasteiger charge is 2.09. The number of aromatic nitrogens is 1. The Kier molecular flexibility index (Phi) is 5.28. The van der Waals surface area contributed by atoms with Gasteiger partial charge >= 0.3 is 0 Å². The molecule has 0 saturated carbocycles. The molecule has 0 unspecified atom stereocenters. The molecule has 1 aromatic heterocycles. The largest absolute Gasteiger partial charge is 0.485 e. The Morgan fingerprint density at radius 1 is 1.08 bits per heavy atom. The Morgan fingerprint density at radius 2 is 1.81 bits per heavy atom. The third-order valence-electron chi connectivity index (χ3n) is 4.00. The zero-order chi connectivity index (χ0) is 18.7. The molecule has 134 valence electrons. The lowest BCUT2D eigenvalue weighted by molar-refractivity contribution is 0.307. The van der Waals surface area contributed by atoms with Crippen molar-refractivity contribution in [3.8, 4) is 16.9 Å². The van der Waals surface area contributed by atoms with Crippen LogP contribution in [0.25, 0.3) is 11.1 Å². The number of pyridine rings is 1. The normalized spacial score (nSPS) is 10.6. The number of halogens is 2. The monoisotopic (exact) mass is 371 g/mol. The van der Waals surface area contributed by atoms with E-state index in [1.165, 1.54) is 12.1 Å². The summed E-state index contributed by atoms with van der Waals surface area (Å²) in [5.74, 6) is 0.361. The SMILES string of the molecule is CN(C)c1ccc(-c2cnc(N)c(OCc3ccc(F)cc3Cl)c2)cc1. The van der Waals surface area contributed by atoms with Crippen molar-refractivity contribution in [1.29, 1.82) is 0 Å². The number of nitrogen functional groups attached to an aromatic ring is 1. The fourth-order valence-corrected chi connectivity index (χ4v) is 2.70. The predicted molar refractivity (Wildman–Crippen MR) is 104 cm³/mol. The number of ether oxygens (including phenoxy) is 1. The maximum absolute atomic E-state index is 13.1. The molecular weight excluding hydrogens is 353 g/mol. The molecule has 0 fully saturated rings. The van der Waals surface area contributed by atoms with Gasteiger partial charge in [-0.2, -0.15) is 0 Å². The molecule has 0 spiro atoms. The van der Waals surface area contributed by atoms with Crippen molar-refractivity contribution >= 4 is 23.1 Å². The molecule has 26 heavy (non-hydrogen) atoms. The van der Waals surface area contributed by atoms with E-state index in [0.29, 0.717) is 16.3 Å². The number of anilines is 2. The van der Waals surface area contributed by atoms with Gasteiger partial charge in [0.1, 0.15) is 12.4 Å². The Morgan fingerprint density at radius 3 is 2.46 bits per heavy atom. The predicted octanol–water partition coefficient (Wildman–Crippen LogP) is 4.77. The van der Waals surface area contributed by atoms with Crippen molar-refractivity contribution in [2.75, 3.05) is 24.7 Å². The number of hydrogen-bond acceptors (Lipinski definition) is 4. The summed E-state index contributed by atoms with van der Waals surface area (Å²) in [5.41, 5.74) is 9.61. The molecule has 1 heterocycles. The molecule has 2 aromatic carbocycles. The number of nitrogens with zero attached hydrogens (tertiary/aromatic N) is 2. The van der Waals surface area contributed by atoms with E-state index in [4.69, 9.17) is 22.1 Å². The zero-order valence-corrected chi connectivity index (χ0v) is 15.3. The van der Waals surface area contributed by atoms with Crippen LogP contribution >= 0.6 is 11.6 Å². The van der Waals surface area contributed by atoms with Crippen LogP contribution in [0.3, 0.4) is 0 Å². The standard InChI is InChI=1S/C20H19ClFN3O/c1-25(2)17-7-4-13(5-8-17)15-9-19(20(23)24-11-15)26-12-14-3-6-16(22)10-18(14)21/h3-11H,12H2,1-2H3,(H2,23,24). The average molecular weight is 372 g/mol. The topological polar surface area (TPSA) is 51.4 Å². The third kappa shape index (κ3) is 4.06. The Hall–Kier alpha value is -2.79. The Labute approximate surface area is 157 Å². The van der Waals surface area contributed by atoms with E-state index in [1.54, 1.807) is 12.3 Å². The summed E-state index contributed by atoms with van der Waals surface area (Å²) < 4.78 is 18.9. The van der Waals surface area contributed by atoms with Crippen molar-refractivity contribution in [3.05, 3.63) is 71.1 Å². The maximum Gasteiger partial charge on any atom is 0.166 e. The van der Waals surface area contributed by atoms with Gasteiger partial charge in [0.05, 0.1) is 5.02 Å². The van der Waals surface area contributed by atoms with Gasteiger partial charge in [-0.25, -0.2) is 9.37 Å². The second-order valence-corrected chi connectivity index (χ2v) is 6.48. The molecule has 0 radical (unpaired) electrons. The minimum Gasteiger partial charge on any atom is -0.485 e. The van der Waals surface area contributed by atoms with E-state index < -0.39 is 0 Å². The van der Waals surface area contributed by atoms with Crippen LogP contribution < -0.4 is 15.4 Å². The van der Waals surface area contributed by atoms with Gasteiger partial charge < -0.3 is 15.4 Å². The summed E-state index contributed by atoms with van der Waals surface area (Å²) in [5, 5.41) is 0.312. The fourth-order valence-electron chi connectivity index (χ4n) is 2.47. The van der Waals surface area contributed by atoms with Gasteiger partial charge in [0.15, 0.2) is 11.6 Å². The van der Waals surface area contributed by atoms with Crippen molar-refractivity contribution in [3.63, 3.8) is 0 Å². The van der Waals surface area contributed by atoms with Gasteiger partial charge in [0.2, 0.25) is 0 Å². The quantitative estimate of drug-likeness (QED) is 0.702. The minimum atomic E-state index is -0.386. The van der Waals surface area contributed by atoms with Crippen molar-refractivity contribution in [2.24, 2.45) is 0 Å². The highest BCUT2D eigenvalue weighted by Crippen LogP contribution is 2.29. The van der Waals surface area contributed by atoms with Crippen LogP contribution in [0.15, 0.2) is 54.7 Å². The Bertz CT molecular complexity index is 913. The molecule has 0 atom stereocenters. The molecule has 3 aromatic rings. The molecular formula is C20H19ClFN3O. The van der Waals surface area contributed by atoms with E-state index in [-0.39, 0.29) is 18.2 Å². The molecule has 6 heteroatoms. The van der Waals surface area contributed by atoms with E-state index in [9.17, 15) is 4.39 Å². The summed E-state index contributed by atoms with van der Waals surface area (Å²) in [4.78, 5) is 6.24. The molecule has 2 N–H and O–H groups in total. The van der Waals surface area contributed by atoms with Crippen LogP contribution in [0.2, 0.25) is 5.02 Å². The van der Waals surface area contributed by atoms with E-state index >= 15 is 0 Å². The highest BCUT2D eigenvalue weighted by atomic mass is 35.5. The summed E-state index contributed by atoms with van der Waals surface area (Å²) >= 11 is 6.03. The van der Waals surface area contributed by atoms with Crippen molar-refractivity contribution in [1.82, 2.24) is 4.98 Å². The highest BCUT2D eigenvalue weighted by molar-refractivity contribution is 6.31. The molecule has 0 saturated heterocycles. The van der Waals surface area contributed by atoms with Gasteiger partial charge in [0.25, 0.3) is 0 Å². The number of hydrogen-bond donors (Lipinski definition) is 1. The van der Waals surface area contributed by atoms with Crippen LogP contribution in [-0.2, 0) is 6.61 Å². The molecule has 0 amide bonds. The minimum absolute atomic E-state index is 0.175. The molecule has 0 aliphatic heterocycles. The van der Waals surface area contributed by atoms with Gasteiger partial charge in [-0.1, -0.05) is 29.8 Å². The molecule has 3 rings (SSSR count). The first-order valence-electron chi connectivity index (χ1n) is 8.04. The van der Waals surface area contributed by atoms with Crippen LogP contribution in [-0.4, -0.2) is 19.1 Å². The number of rotatable bonds is 5. The zero-order valence-electron chi connectivity index (χ0n) is 14.5. The van der Waals surface area contributed by atoms with Crippen molar-refractivity contribution < 1.29 is 9.13 Å². The lowest BCUT2D eigenvalue weighted by Crippen LogP contribution is -2.07. The van der Waals surface area contributed by atoms with Crippen LogP contribution in [0.4, 0.5) is 15.9 Å². The second-order valence-electron chi connectivity index (χ2n) is 6.07. The van der Waals surface area contributed by atoms with Crippen LogP contribution in [0, 0.1) is 5.82 Å². The van der Waals surface area contributed by atoms with E-state index in [2.05, 4.69) is 4.98 Å². The molecule has 0 aliphatic rings. The number of benzene rings is 2. The first-order valence-corrected chi connectivity index (χ1v) is 8.42. The molecule has 4 nitrogen and oxygen atoms in total. The van der Waals surface area contributed by atoms with Crippen LogP contribution in [0.5, 0.6) is 5.75 Å². The molecule has 0 bridgehead atoms. The number of nitrogens with two attached hydrogens (primary N) is 1. The van der Waals surface area contributed by atoms with Crippen molar-refractivity contribution in [2.45, 2.75) is 6.61 Å². The van der Waals surface area contributed by atoms with Gasteiger partial charge in [-0.3, -0.25) is 0 Å². The Balaban J connectivity index is 1.81. The first kappa shape index (κ1) is 18.0. The van der Waals surface area contributed by atoms with Gasteiger partial charge in [-0.05, 0) is 35.9 Å². The van der Waals surface area contributed by atoms with Gasteiger partial charge in [0, 0.05) is 37.1 Å². The summed E-state index contributed by atoms with van der Waals surface area (Å²) in [6.45, 7) is 0.175. The summed E-state index contributed by atoms with van der Waals surface area (Å²) in [7, 11) is 3.98.